The molecule has 1 atom stereocenters. The highest BCUT2D eigenvalue weighted by molar-refractivity contribution is 5.95. The molecule has 0 spiro atoms. The molecule has 0 radical (unpaired) electrons. The van der Waals surface area contributed by atoms with Crippen molar-refractivity contribution in [3.63, 3.8) is 0 Å². The van der Waals surface area contributed by atoms with Crippen molar-refractivity contribution in [3.8, 4) is 0 Å². The molecule has 18 heavy (non-hydrogen) atoms. The maximum Gasteiger partial charge on any atom is 0.328 e. The average Bonchev–Trinajstić information content (AvgIpc) is 2.86. The van der Waals surface area contributed by atoms with Crippen molar-refractivity contribution >= 4 is 11.9 Å². The van der Waals surface area contributed by atoms with Crippen molar-refractivity contribution in [2.24, 2.45) is 0 Å². The summed E-state index contributed by atoms with van der Waals surface area (Å²) >= 11 is 0. The Morgan fingerprint density at radius 2 is 2.22 bits per heavy atom. The number of amides is 1. The number of ether oxygens (including phenoxy) is 1. The van der Waals surface area contributed by atoms with E-state index in [0.29, 0.717) is 13.0 Å². The molecule has 0 aromatic carbocycles. The Hall–Kier alpha value is -2.11. The van der Waals surface area contributed by atoms with Crippen LogP contribution in [0.4, 0.5) is 0 Å². The van der Waals surface area contributed by atoms with E-state index in [4.69, 9.17) is 0 Å². The van der Waals surface area contributed by atoms with Crippen LogP contribution >= 0.6 is 0 Å². The molecule has 1 amide bonds. The molecule has 6 nitrogen and oxygen atoms in total. The van der Waals surface area contributed by atoms with Gasteiger partial charge in [-0.05, 0) is 18.9 Å². The minimum absolute atomic E-state index is 0.193. The number of methoxy groups -OCH3 is 1. The quantitative estimate of drug-likeness (QED) is 0.758. The van der Waals surface area contributed by atoms with Gasteiger partial charge in [-0.2, -0.15) is 0 Å². The van der Waals surface area contributed by atoms with Gasteiger partial charge in [-0.25, -0.2) is 4.79 Å². The van der Waals surface area contributed by atoms with Gasteiger partial charge in [-0.1, -0.05) is 6.07 Å². The van der Waals surface area contributed by atoms with Crippen LogP contribution in [0.5, 0.6) is 0 Å². The SMILES string of the molecule is COC(=O)C1CCCN1C(=O)c1cccc(=O)[nH]1. The van der Waals surface area contributed by atoms with Crippen LogP contribution in [-0.4, -0.2) is 41.5 Å². The van der Waals surface area contributed by atoms with E-state index in [-0.39, 0.29) is 17.2 Å². The molecule has 0 bridgehead atoms. The van der Waals surface area contributed by atoms with Crippen molar-refractivity contribution in [1.82, 2.24) is 9.88 Å². The van der Waals surface area contributed by atoms with E-state index in [0.717, 1.165) is 6.42 Å². The summed E-state index contributed by atoms with van der Waals surface area (Å²) in [4.78, 5) is 38.8. The Labute approximate surface area is 104 Å². The molecular formula is C12H14N2O4. The van der Waals surface area contributed by atoms with Crippen LogP contribution in [0, 0.1) is 0 Å². The van der Waals surface area contributed by atoms with E-state index < -0.39 is 12.0 Å². The van der Waals surface area contributed by atoms with Gasteiger partial charge in [-0.15, -0.1) is 0 Å². The van der Waals surface area contributed by atoms with Gasteiger partial charge in [0, 0.05) is 12.6 Å². The van der Waals surface area contributed by atoms with Crippen LogP contribution in [0.15, 0.2) is 23.0 Å². The largest absolute Gasteiger partial charge is 0.467 e. The Kier molecular flexibility index (Phi) is 3.45. The zero-order valence-corrected chi connectivity index (χ0v) is 10.0. The molecule has 1 N–H and O–H groups in total. The molecule has 2 heterocycles. The molecule has 6 heteroatoms. The normalized spacial score (nSPS) is 18.7. The number of H-pyrrole nitrogens is 1. The summed E-state index contributed by atoms with van der Waals surface area (Å²) in [6.45, 7) is 0.496. The molecule has 1 aromatic rings. The molecule has 96 valence electrons. The van der Waals surface area contributed by atoms with Crippen molar-refractivity contribution in [1.29, 1.82) is 0 Å². The third-order valence-electron chi connectivity index (χ3n) is 2.99. The van der Waals surface area contributed by atoms with Gasteiger partial charge in [0.05, 0.1) is 7.11 Å². The summed E-state index contributed by atoms with van der Waals surface area (Å²) in [6, 6.07) is 3.82. The minimum Gasteiger partial charge on any atom is -0.467 e. The van der Waals surface area contributed by atoms with Crippen LogP contribution in [0.2, 0.25) is 0 Å². The summed E-state index contributed by atoms with van der Waals surface area (Å²) in [7, 11) is 1.30. The van der Waals surface area contributed by atoms with Crippen LogP contribution in [0.25, 0.3) is 0 Å². The zero-order chi connectivity index (χ0) is 13.1. The summed E-state index contributed by atoms with van der Waals surface area (Å²) in [5.74, 6) is -0.764. The Morgan fingerprint density at radius 1 is 1.44 bits per heavy atom. The molecule has 0 aliphatic carbocycles. The smallest absolute Gasteiger partial charge is 0.328 e. The number of aromatic nitrogens is 1. The summed E-state index contributed by atoms with van der Waals surface area (Å²) in [5, 5.41) is 0. The molecule has 1 unspecified atom stereocenters. The highest BCUT2D eigenvalue weighted by Gasteiger charge is 2.35. The standard InChI is InChI=1S/C12H14N2O4/c1-18-12(17)9-5-3-7-14(9)11(16)8-4-2-6-10(15)13-8/h2,4,6,9H,3,5,7H2,1H3,(H,13,15). The predicted molar refractivity (Wildman–Crippen MR) is 63.1 cm³/mol. The monoisotopic (exact) mass is 250 g/mol. The number of hydrogen-bond donors (Lipinski definition) is 1. The Bertz CT molecular complexity index is 523. The third-order valence-corrected chi connectivity index (χ3v) is 2.99. The topological polar surface area (TPSA) is 79.5 Å². The first kappa shape index (κ1) is 12.3. The zero-order valence-electron chi connectivity index (χ0n) is 10.0. The fourth-order valence-electron chi connectivity index (χ4n) is 2.12. The van der Waals surface area contributed by atoms with Crippen LogP contribution in [0.1, 0.15) is 23.3 Å². The first-order valence-corrected chi connectivity index (χ1v) is 5.71. The van der Waals surface area contributed by atoms with E-state index >= 15 is 0 Å². The molecule has 2 rings (SSSR count). The van der Waals surface area contributed by atoms with Crippen molar-refractivity contribution < 1.29 is 14.3 Å². The van der Waals surface area contributed by atoms with Crippen LogP contribution in [-0.2, 0) is 9.53 Å². The van der Waals surface area contributed by atoms with E-state index in [1.54, 1.807) is 0 Å². The molecule has 0 saturated carbocycles. The van der Waals surface area contributed by atoms with Gasteiger partial charge in [0.1, 0.15) is 11.7 Å². The Balaban J connectivity index is 2.23. The number of carbonyl (C=O) groups excluding carboxylic acids is 2. The second-order valence-electron chi connectivity index (χ2n) is 4.11. The summed E-state index contributed by atoms with van der Waals surface area (Å²) in [5.41, 5.74) is -0.145. The van der Waals surface area contributed by atoms with Gasteiger partial charge in [-0.3, -0.25) is 9.59 Å². The highest BCUT2D eigenvalue weighted by Crippen LogP contribution is 2.20. The van der Waals surface area contributed by atoms with Crippen molar-refractivity contribution in [2.75, 3.05) is 13.7 Å². The first-order chi connectivity index (χ1) is 8.63. The van der Waals surface area contributed by atoms with E-state index in [1.165, 1.54) is 30.2 Å². The van der Waals surface area contributed by atoms with Gasteiger partial charge in [0.15, 0.2) is 0 Å². The maximum absolute atomic E-state index is 12.2. The number of esters is 1. The maximum atomic E-state index is 12.2. The number of aromatic amines is 1. The number of carbonyl (C=O) groups is 2. The lowest BCUT2D eigenvalue weighted by Gasteiger charge is -2.22. The molecule has 1 aliphatic rings. The van der Waals surface area contributed by atoms with Gasteiger partial charge >= 0.3 is 5.97 Å². The van der Waals surface area contributed by atoms with Crippen molar-refractivity contribution in [2.45, 2.75) is 18.9 Å². The fourth-order valence-corrected chi connectivity index (χ4v) is 2.12. The fraction of sp³-hybridized carbons (Fsp3) is 0.417. The lowest BCUT2D eigenvalue weighted by Crippen LogP contribution is -2.41. The van der Waals surface area contributed by atoms with E-state index in [9.17, 15) is 14.4 Å². The number of likely N-dealkylation sites (tertiary alicyclic amines) is 1. The number of hydrogen-bond acceptors (Lipinski definition) is 4. The average molecular weight is 250 g/mol. The van der Waals surface area contributed by atoms with E-state index in [2.05, 4.69) is 9.72 Å². The molecule has 1 saturated heterocycles. The van der Waals surface area contributed by atoms with Crippen LogP contribution in [0.3, 0.4) is 0 Å². The first-order valence-electron chi connectivity index (χ1n) is 5.71. The summed E-state index contributed by atoms with van der Waals surface area (Å²) < 4.78 is 4.67. The van der Waals surface area contributed by atoms with E-state index in [1.807, 2.05) is 0 Å². The Morgan fingerprint density at radius 3 is 2.89 bits per heavy atom. The van der Waals surface area contributed by atoms with Gasteiger partial charge in [0.25, 0.3) is 5.91 Å². The highest BCUT2D eigenvalue weighted by atomic mass is 16.5. The molecule has 1 aliphatic heterocycles. The number of nitrogens with zero attached hydrogens (tertiary/aromatic N) is 1. The minimum atomic E-state index is -0.550. The van der Waals surface area contributed by atoms with Gasteiger partial charge < -0.3 is 14.6 Å². The number of rotatable bonds is 2. The summed E-state index contributed by atoms with van der Waals surface area (Å²) in [6.07, 6.45) is 1.35. The predicted octanol–water partition coefficient (Wildman–Crippen LogP) is 0.152. The number of pyridine rings is 1. The lowest BCUT2D eigenvalue weighted by molar-refractivity contribution is -0.145. The molecule has 1 aromatic heterocycles. The van der Waals surface area contributed by atoms with Crippen molar-refractivity contribution in [3.05, 3.63) is 34.2 Å². The molecular weight excluding hydrogens is 236 g/mol. The molecule has 1 fully saturated rings. The second-order valence-corrected chi connectivity index (χ2v) is 4.11. The second kappa shape index (κ2) is 5.03. The third kappa shape index (κ3) is 2.27. The van der Waals surface area contributed by atoms with Gasteiger partial charge in [0.2, 0.25) is 5.56 Å². The number of nitrogens with one attached hydrogen (secondary N) is 1. The lowest BCUT2D eigenvalue weighted by atomic mass is 10.2. The van der Waals surface area contributed by atoms with Crippen LogP contribution < -0.4 is 5.56 Å².